The van der Waals surface area contributed by atoms with Crippen molar-refractivity contribution in [1.82, 2.24) is 25.6 Å². The van der Waals surface area contributed by atoms with E-state index in [0.29, 0.717) is 31.6 Å². The number of rotatable bonds is 7. The normalized spacial score (nSPS) is 17.2. The molecule has 0 radical (unpaired) electrons. The third-order valence-electron chi connectivity index (χ3n) is 5.72. The van der Waals surface area contributed by atoms with Crippen LogP contribution in [-0.4, -0.2) is 57.4 Å². The fourth-order valence-corrected chi connectivity index (χ4v) is 4.32. The van der Waals surface area contributed by atoms with Gasteiger partial charge in [-0.25, -0.2) is 9.59 Å². The maximum absolute atomic E-state index is 12.4. The molecule has 1 aromatic heterocycles. The minimum atomic E-state index is -0.539. The van der Waals surface area contributed by atoms with E-state index in [1.165, 1.54) is 6.92 Å². The Balaban J connectivity index is 1.73. The van der Waals surface area contributed by atoms with Crippen molar-refractivity contribution in [1.29, 1.82) is 0 Å². The van der Waals surface area contributed by atoms with E-state index in [1.807, 2.05) is 52.1 Å². The van der Waals surface area contributed by atoms with Gasteiger partial charge < -0.3 is 25.0 Å². The lowest BCUT2D eigenvalue weighted by Gasteiger charge is -2.39. The molecule has 0 spiro atoms. The molecule has 0 aliphatic carbocycles. The van der Waals surface area contributed by atoms with Crippen molar-refractivity contribution in [3.8, 4) is 11.3 Å². The van der Waals surface area contributed by atoms with E-state index in [2.05, 4.69) is 20.9 Å². The van der Waals surface area contributed by atoms with Crippen LogP contribution in [-0.2, 0) is 20.8 Å². The molecular formula is C26H38N6O5. The predicted molar refractivity (Wildman–Crippen MR) is 139 cm³/mol. The Morgan fingerprint density at radius 1 is 1.19 bits per heavy atom. The van der Waals surface area contributed by atoms with Gasteiger partial charge in [0.15, 0.2) is 0 Å². The highest BCUT2D eigenvalue weighted by molar-refractivity contribution is 5.94. The number of nitrogens with one attached hydrogen (secondary N) is 2. The number of anilines is 1. The van der Waals surface area contributed by atoms with Crippen LogP contribution >= 0.6 is 0 Å². The number of fused-ring (bicyclic) bond motifs is 1. The van der Waals surface area contributed by atoms with Gasteiger partial charge in [0.2, 0.25) is 5.91 Å². The van der Waals surface area contributed by atoms with Gasteiger partial charge in [-0.3, -0.25) is 9.48 Å². The Kier molecular flexibility index (Phi) is 8.77. The number of aryl methyl sites for hydroxylation is 1. The molecule has 2 atom stereocenters. The molecule has 0 unspecified atom stereocenters. The summed E-state index contributed by atoms with van der Waals surface area (Å²) < 4.78 is 12.2. The van der Waals surface area contributed by atoms with E-state index in [9.17, 15) is 14.4 Å². The predicted octanol–water partition coefficient (Wildman–Crippen LogP) is 4.18. The van der Waals surface area contributed by atoms with Crippen molar-refractivity contribution in [3.63, 3.8) is 0 Å². The smallest absolute Gasteiger partial charge is 0.407 e. The monoisotopic (exact) mass is 514 g/mol. The van der Waals surface area contributed by atoms with Gasteiger partial charge in [-0.1, -0.05) is 11.3 Å². The van der Waals surface area contributed by atoms with Gasteiger partial charge in [0.25, 0.3) is 0 Å². The first kappa shape index (κ1) is 27.9. The largest absolute Gasteiger partial charge is 0.447 e. The Morgan fingerprint density at radius 2 is 1.92 bits per heavy atom. The zero-order chi connectivity index (χ0) is 27.3. The van der Waals surface area contributed by atoms with E-state index in [-0.39, 0.29) is 24.1 Å². The van der Waals surface area contributed by atoms with Crippen LogP contribution in [0.5, 0.6) is 0 Å². The van der Waals surface area contributed by atoms with Gasteiger partial charge in [-0.05, 0) is 72.1 Å². The van der Waals surface area contributed by atoms with Crippen LogP contribution in [0.2, 0.25) is 0 Å². The quantitative estimate of drug-likeness (QED) is 0.531. The minimum Gasteiger partial charge on any atom is -0.447 e. The molecular weight excluding hydrogens is 476 g/mol. The topological polar surface area (TPSA) is 128 Å². The van der Waals surface area contributed by atoms with Crippen LogP contribution in [0.1, 0.15) is 72.9 Å². The summed E-state index contributed by atoms with van der Waals surface area (Å²) in [5.41, 5.74) is 2.52. The number of carbonyl (C=O) groups is 3. The number of aromatic nitrogens is 3. The van der Waals surface area contributed by atoms with E-state index < -0.39 is 17.8 Å². The van der Waals surface area contributed by atoms with Crippen molar-refractivity contribution < 1.29 is 23.9 Å². The average molecular weight is 515 g/mol. The van der Waals surface area contributed by atoms with E-state index >= 15 is 0 Å². The number of benzene rings is 1. The lowest BCUT2D eigenvalue weighted by Crippen LogP contribution is -2.45. The number of hydrogen-bond donors (Lipinski definition) is 2. The number of alkyl carbamates (subject to hydrolysis) is 2. The highest BCUT2D eigenvalue weighted by Crippen LogP contribution is 2.39. The van der Waals surface area contributed by atoms with Gasteiger partial charge in [0, 0.05) is 37.3 Å². The van der Waals surface area contributed by atoms with Gasteiger partial charge in [-0.15, -0.1) is 5.10 Å². The minimum absolute atomic E-state index is 0.0596. The van der Waals surface area contributed by atoms with E-state index in [4.69, 9.17) is 9.47 Å². The fraction of sp³-hybridized carbons (Fsp3) is 0.577. The molecule has 0 saturated carbocycles. The van der Waals surface area contributed by atoms with Crippen LogP contribution in [0.3, 0.4) is 0 Å². The Morgan fingerprint density at radius 3 is 2.57 bits per heavy atom. The molecule has 11 heteroatoms. The third kappa shape index (κ3) is 7.68. The zero-order valence-electron chi connectivity index (χ0n) is 22.7. The Labute approximate surface area is 217 Å². The molecule has 2 heterocycles. The number of hydrogen-bond acceptors (Lipinski definition) is 7. The second-order valence-electron chi connectivity index (χ2n) is 10.5. The molecule has 11 nitrogen and oxygen atoms in total. The average Bonchev–Trinajstić information content (AvgIpc) is 3.23. The van der Waals surface area contributed by atoms with Gasteiger partial charge >= 0.3 is 12.2 Å². The van der Waals surface area contributed by atoms with Crippen LogP contribution in [0.25, 0.3) is 11.3 Å². The second kappa shape index (κ2) is 11.6. The summed E-state index contributed by atoms with van der Waals surface area (Å²) in [5, 5.41) is 14.2. The molecule has 37 heavy (non-hydrogen) atoms. The van der Waals surface area contributed by atoms with E-state index in [0.717, 1.165) is 16.8 Å². The van der Waals surface area contributed by atoms with Gasteiger partial charge in [0.05, 0.1) is 18.3 Å². The van der Waals surface area contributed by atoms with E-state index in [1.54, 1.807) is 23.4 Å². The summed E-state index contributed by atoms with van der Waals surface area (Å²) in [6.07, 6.45) is 1.86. The van der Waals surface area contributed by atoms with Gasteiger partial charge in [-0.2, -0.15) is 0 Å². The molecule has 202 valence electrons. The molecule has 3 amide bonds. The molecule has 1 aromatic carbocycles. The molecule has 0 fully saturated rings. The Bertz CT molecular complexity index is 1120. The molecule has 2 N–H and O–H groups in total. The summed E-state index contributed by atoms with van der Waals surface area (Å²) >= 11 is 0. The fourth-order valence-electron chi connectivity index (χ4n) is 4.32. The van der Waals surface area contributed by atoms with Crippen LogP contribution in [0.4, 0.5) is 15.3 Å². The Hall–Kier alpha value is -3.63. The molecule has 0 bridgehead atoms. The first-order valence-electron chi connectivity index (χ1n) is 12.6. The van der Waals surface area contributed by atoms with Crippen molar-refractivity contribution in [2.45, 2.75) is 91.6 Å². The standard InChI is InChI=1S/C26H38N6O5/c1-16(2)36-25(35)28-21-13-17(3)32(18(4)33)23-10-9-19(14-20(21)23)22-15-31(30-29-22)12-8-11-27-24(34)37-26(5,6)7/h9-10,14-17,21H,8,11-13H2,1-7H3,(H,27,34)(H,28,35)/t17-,21+/m0/s1. The zero-order valence-corrected chi connectivity index (χ0v) is 22.7. The third-order valence-corrected chi connectivity index (χ3v) is 5.72. The summed E-state index contributed by atoms with van der Waals surface area (Å²) in [4.78, 5) is 38.3. The lowest BCUT2D eigenvalue weighted by molar-refractivity contribution is -0.117. The summed E-state index contributed by atoms with van der Waals surface area (Å²) in [7, 11) is 0. The van der Waals surface area contributed by atoms with Crippen molar-refractivity contribution in [2.75, 3.05) is 11.4 Å². The lowest BCUT2D eigenvalue weighted by atomic mass is 9.90. The van der Waals surface area contributed by atoms with Crippen molar-refractivity contribution >= 4 is 23.8 Å². The molecule has 3 rings (SSSR count). The summed E-state index contributed by atoms with van der Waals surface area (Å²) in [6.45, 7) is 13.6. The first-order valence-corrected chi connectivity index (χ1v) is 12.6. The van der Waals surface area contributed by atoms with Gasteiger partial charge in [0.1, 0.15) is 11.3 Å². The van der Waals surface area contributed by atoms with Crippen LogP contribution in [0, 0.1) is 0 Å². The van der Waals surface area contributed by atoms with Crippen LogP contribution in [0.15, 0.2) is 24.4 Å². The van der Waals surface area contributed by atoms with Crippen molar-refractivity contribution in [2.24, 2.45) is 0 Å². The first-order chi connectivity index (χ1) is 17.3. The number of ether oxygens (including phenoxy) is 2. The molecule has 2 aromatic rings. The van der Waals surface area contributed by atoms with Crippen molar-refractivity contribution in [3.05, 3.63) is 30.0 Å². The molecule has 1 aliphatic rings. The number of nitrogens with zero attached hydrogens (tertiary/aromatic N) is 4. The maximum atomic E-state index is 12.4. The summed E-state index contributed by atoms with van der Waals surface area (Å²) in [6, 6.07) is 5.31. The maximum Gasteiger partial charge on any atom is 0.407 e. The SMILES string of the molecule is CC(=O)N1c2ccc(-c3cn(CCCNC(=O)OC(C)(C)C)nn3)cc2[C@H](NC(=O)OC(C)C)C[C@@H]1C. The summed E-state index contributed by atoms with van der Waals surface area (Å²) in [5.74, 6) is -0.0596. The number of carbonyl (C=O) groups excluding carboxylic acids is 3. The highest BCUT2D eigenvalue weighted by atomic mass is 16.6. The number of amides is 3. The highest BCUT2D eigenvalue weighted by Gasteiger charge is 2.34. The van der Waals surface area contributed by atoms with Crippen LogP contribution < -0.4 is 15.5 Å². The molecule has 0 saturated heterocycles. The second-order valence-corrected chi connectivity index (χ2v) is 10.5. The molecule has 1 aliphatic heterocycles.